The van der Waals surface area contributed by atoms with Gasteiger partial charge in [0.1, 0.15) is 5.82 Å². The number of nitrogens with zero attached hydrogens (tertiary/aromatic N) is 1. The minimum atomic E-state index is -0.534. The second-order valence-corrected chi connectivity index (χ2v) is 5.06. The molecule has 0 spiro atoms. The lowest BCUT2D eigenvalue weighted by atomic mass is 9.99. The SMILES string of the molecule is CCC1CCCCN1C(=O)c1c(F)cccc1Cl. The lowest BCUT2D eigenvalue weighted by molar-refractivity contribution is 0.0603. The van der Waals surface area contributed by atoms with Crippen LogP contribution in [0.25, 0.3) is 0 Å². The first kappa shape index (κ1) is 13.3. The molecule has 0 aromatic heterocycles. The lowest BCUT2D eigenvalue weighted by Crippen LogP contribution is -2.43. The van der Waals surface area contributed by atoms with Gasteiger partial charge in [-0.2, -0.15) is 0 Å². The van der Waals surface area contributed by atoms with Gasteiger partial charge in [-0.3, -0.25) is 4.79 Å². The van der Waals surface area contributed by atoms with Crippen LogP contribution in [0.3, 0.4) is 0 Å². The second kappa shape index (κ2) is 5.70. The van der Waals surface area contributed by atoms with Crippen molar-refractivity contribution in [2.45, 2.75) is 38.6 Å². The summed E-state index contributed by atoms with van der Waals surface area (Å²) in [6.07, 6.45) is 4.01. The van der Waals surface area contributed by atoms with E-state index in [1.165, 1.54) is 12.1 Å². The van der Waals surface area contributed by atoms with E-state index in [0.29, 0.717) is 6.54 Å². The number of piperidine rings is 1. The van der Waals surface area contributed by atoms with Crippen LogP contribution in [-0.2, 0) is 0 Å². The molecule has 2 nitrogen and oxygen atoms in total. The summed E-state index contributed by atoms with van der Waals surface area (Å²) >= 11 is 5.95. The van der Waals surface area contributed by atoms with E-state index in [-0.39, 0.29) is 22.5 Å². The van der Waals surface area contributed by atoms with Crippen LogP contribution in [0.15, 0.2) is 18.2 Å². The molecule has 1 saturated heterocycles. The van der Waals surface area contributed by atoms with Crippen LogP contribution in [-0.4, -0.2) is 23.4 Å². The summed E-state index contributed by atoms with van der Waals surface area (Å²) in [5, 5.41) is 0.195. The molecular formula is C14H17ClFNO. The molecule has 1 aromatic rings. The smallest absolute Gasteiger partial charge is 0.258 e. The zero-order chi connectivity index (χ0) is 13.1. The van der Waals surface area contributed by atoms with E-state index in [0.717, 1.165) is 25.7 Å². The summed E-state index contributed by atoms with van der Waals surface area (Å²) < 4.78 is 13.8. The highest BCUT2D eigenvalue weighted by Gasteiger charge is 2.29. The number of likely N-dealkylation sites (tertiary alicyclic amines) is 1. The number of amides is 1. The van der Waals surface area contributed by atoms with Crippen molar-refractivity contribution in [2.24, 2.45) is 0 Å². The number of hydrogen-bond acceptors (Lipinski definition) is 1. The molecule has 0 bridgehead atoms. The zero-order valence-electron chi connectivity index (χ0n) is 10.5. The molecular weight excluding hydrogens is 253 g/mol. The fourth-order valence-corrected chi connectivity index (χ4v) is 2.78. The van der Waals surface area contributed by atoms with Gasteiger partial charge in [-0.15, -0.1) is 0 Å². The molecule has 1 aromatic carbocycles. The molecule has 1 fully saturated rings. The molecule has 1 aliphatic heterocycles. The van der Waals surface area contributed by atoms with E-state index in [9.17, 15) is 9.18 Å². The molecule has 18 heavy (non-hydrogen) atoms. The van der Waals surface area contributed by atoms with Gasteiger partial charge in [-0.05, 0) is 37.8 Å². The maximum Gasteiger partial charge on any atom is 0.258 e. The number of carbonyl (C=O) groups is 1. The van der Waals surface area contributed by atoms with Crippen molar-refractivity contribution in [3.8, 4) is 0 Å². The Balaban J connectivity index is 2.30. The molecule has 1 unspecified atom stereocenters. The van der Waals surface area contributed by atoms with Crippen molar-refractivity contribution < 1.29 is 9.18 Å². The zero-order valence-corrected chi connectivity index (χ0v) is 11.2. The summed E-state index contributed by atoms with van der Waals surface area (Å²) in [7, 11) is 0. The third-order valence-corrected chi connectivity index (χ3v) is 3.85. The number of benzene rings is 1. The van der Waals surface area contributed by atoms with Crippen LogP contribution in [0.4, 0.5) is 4.39 Å². The maximum atomic E-state index is 13.8. The minimum Gasteiger partial charge on any atom is -0.336 e. The highest BCUT2D eigenvalue weighted by molar-refractivity contribution is 6.33. The third kappa shape index (κ3) is 2.51. The summed E-state index contributed by atoms with van der Waals surface area (Å²) in [5.41, 5.74) is 0.0134. The van der Waals surface area contributed by atoms with Gasteiger partial charge in [0.05, 0.1) is 10.6 Å². The normalized spacial score (nSPS) is 19.9. The average molecular weight is 270 g/mol. The second-order valence-electron chi connectivity index (χ2n) is 4.65. The fraction of sp³-hybridized carbons (Fsp3) is 0.500. The number of carbonyl (C=O) groups excluding carboxylic acids is 1. The van der Waals surface area contributed by atoms with E-state index >= 15 is 0 Å². The Morgan fingerprint density at radius 1 is 1.50 bits per heavy atom. The van der Waals surface area contributed by atoms with Gasteiger partial charge in [0.15, 0.2) is 0 Å². The van der Waals surface area contributed by atoms with Crippen molar-refractivity contribution in [2.75, 3.05) is 6.54 Å². The molecule has 0 aliphatic carbocycles. The van der Waals surface area contributed by atoms with Crippen LogP contribution >= 0.6 is 11.6 Å². The monoisotopic (exact) mass is 269 g/mol. The van der Waals surface area contributed by atoms with E-state index in [1.807, 2.05) is 0 Å². The first-order chi connectivity index (χ1) is 8.65. The number of rotatable bonds is 2. The average Bonchev–Trinajstić information content (AvgIpc) is 2.38. The molecule has 2 rings (SSSR count). The van der Waals surface area contributed by atoms with E-state index in [1.54, 1.807) is 11.0 Å². The van der Waals surface area contributed by atoms with Crippen LogP contribution in [0.5, 0.6) is 0 Å². The third-order valence-electron chi connectivity index (χ3n) is 3.54. The van der Waals surface area contributed by atoms with Gasteiger partial charge in [-0.25, -0.2) is 4.39 Å². The van der Waals surface area contributed by atoms with Gasteiger partial charge in [0.2, 0.25) is 0 Å². The molecule has 0 radical (unpaired) electrons. The summed E-state index contributed by atoms with van der Waals surface area (Å²) in [6, 6.07) is 4.57. The van der Waals surface area contributed by atoms with Gasteiger partial charge in [0, 0.05) is 12.6 Å². The Bertz CT molecular complexity index is 429. The summed E-state index contributed by atoms with van der Waals surface area (Å²) in [6.45, 7) is 2.75. The minimum absolute atomic E-state index is 0.0134. The molecule has 4 heteroatoms. The molecule has 1 atom stereocenters. The van der Waals surface area contributed by atoms with E-state index in [4.69, 9.17) is 11.6 Å². The van der Waals surface area contributed by atoms with Gasteiger partial charge in [-0.1, -0.05) is 24.6 Å². The standard InChI is InChI=1S/C14H17ClFNO/c1-2-10-6-3-4-9-17(10)14(18)13-11(15)7-5-8-12(13)16/h5,7-8,10H,2-4,6,9H2,1H3. The molecule has 1 amide bonds. The Labute approximate surface area is 112 Å². The van der Waals surface area contributed by atoms with Gasteiger partial charge < -0.3 is 4.90 Å². The molecule has 98 valence electrons. The highest BCUT2D eigenvalue weighted by atomic mass is 35.5. The maximum absolute atomic E-state index is 13.8. The van der Waals surface area contributed by atoms with E-state index in [2.05, 4.69) is 6.92 Å². The number of halogens is 2. The van der Waals surface area contributed by atoms with Gasteiger partial charge >= 0.3 is 0 Å². The number of hydrogen-bond donors (Lipinski definition) is 0. The summed E-state index contributed by atoms with van der Waals surface area (Å²) in [5.74, 6) is -0.808. The fourth-order valence-electron chi connectivity index (χ4n) is 2.54. The van der Waals surface area contributed by atoms with Crippen molar-refractivity contribution in [3.63, 3.8) is 0 Å². The Morgan fingerprint density at radius 2 is 2.28 bits per heavy atom. The first-order valence-corrected chi connectivity index (χ1v) is 6.78. The van der Waals surface area contributed by atoms with E-state index < -0.39 is 5.82 Å². The van der Waals surface area contributed by atoms with Crippen LogP contribution in [0.1, 0.15) is 43.0 Å². The molecule has 1 aliphatic rings. The Kier molecular flexibility index (Phi) is 4.23. The molecule has 0 saturated carbocycles. The predicted octanol–water partition coefficient (Wildman–Crippen LogP) is 3.88. The van der Waals surface area contributed by atoms with Crippen molar-refractivity contribution in [3.05, 3.63) is 34.6 Å². The van der Waals surface area contributed by atoms with Crippen LogP contribution in [0.2, 0.25) is 5.02 Å². The van der Waals surface area contributed by atoms with Crippen molar-refractivity contribution in [1.82, 2.24) is 4.90 Å². The van der Waals surface area contributed by atoms with Crippen LogP contribution < -0.4 is 0 Å². The molecule has 0 N–H and O–H groups in total. The summed E-state index contributed by atoms with van der Waals surface area (Å²) in [4.78, 5) is 14.2. The largest absolute Gasteiger partial charge is 0.336 e. The Morgan fingerprint density at radius 3 is 2.94 bits per heavy atom. The van der Waals surface area contributed by atoms with Crippen molar-refractivity contribution >= 4 is 17.5 Å². The topological polar surface area (TPSA) is 20.3 Å². The first-order valence-electron chi connectivity index (χ1n) is 6.40. The Hall–Kier alpha value is -1.09. The lowest BCUT2D eigenvalue weighted by Gasteiger charge is -2.35. The van der Waals surface area contributed by atoms with Crippen molar-refractivity contribution in [1.29, 1.82) is 0 Å². The quantitative estimate of drug-likeness (QED) is 0.798. The predicted molar refractivity (Wildman–Crippen MR) is 70.4 cm³/mol. The highest BCUT2D eigenvalue weighted by Crippen LogP contribution is 2.26. The molecule has 1 heterocycles. The van der Waals surface area contributed by atoms with Crippen LogP contribution in [0, 0.1) is 5.82 Å². The van der Waals surface area contributed by atoms with Gasteiger partial charge in [0.25, 0.3) is 5.91 Å².